The van der Waals surface area contributed by atoms with E-state index in [1.165, 1.54) is 4.88 Å². The smallest absolute Gasteiger partial charge is 0.195 e. The molecule has 0 saturated carbocycles. The van der Waals surface area contributed by atoms with Crippen LogP contribution in [0.4, 0.5) is 0 Å². The van der Waals surface area contributed by atoms with E-state index in [1.807, 2.05) is 18.2 Å². The molecule has 31 heavy (non-hydrogen) atoms. The molecular weight excluding hydrogens is 410 g/mol. The van der Waals surface area contributed by atoms with Crippen LogP contribution in [0.3, 0.4) is 0 Å². The van der Waals surface area contributed by atoms with Crippen LogP contribution in [0, 0.1) is 0 Å². The van der Waals surface area contributed by atoms with Crippen molar-refractivity contribution >= 4 is 28.0 Å². The van der Waals surface area contributed by atoms with E-state index in [1.54, 1.807) is 23.5 Å². The zero-order valence-electron chi connectivity index (χ0n) is 17.3. The average molecular weight is 434 g/mol. The maximum Gasteiger partial charge on any atom is 0.195 e. The molecular formula is C25H23NO4S. The van der Waals surface area contributed by atoms with Gasteiger partial charge in [0.25, 0.3) is 0 Å². The van der Waals surface area contributed by atoms with Gasteiger partial charge in [-0.3, -0.25) is 4.79 Å². The monoisotopic (exact) mass is 433 g/mol. The summed E-state index contributed by atoms with van der Waals surface area (Å²) >= 11 is 1.69. The van der Waals surface area contributed by atoms with E-state index in [9.17, 15) is 9.90 Å². The summed E-state index contributed by atoms with van der Waals surface area (Å²) in [4.78, 5) is 18.2. The van der Waals surface area contributed by atoms with Gasteiger partial charge in [0.15, 0.2) is 5.78 Å². The molecule has 1 aliphatic carbocycles. The van der Waals surface area contributed by atoms with Crippen LogP contribution in [0.2, 0.25) is 0 Å². The topological polar surface area (TPSA) is 82.5 Å². The fourth-order valence-electron chi connectivity index (χ4n) is 4.34. The van der Waals surface area contributed by atoms with Crippen LogP contribution < -0.4 is 4.74 Å². The average Bonchev–Trinajstić information content (AvgIpc) is 3.44. The van der Waals surface area contributed by atoms with E-state index in [2.05, 4.69) is 42.4 Å². The first-order chi connectivity index (χ1) is 14.9. The van der Waals surface area contributed by atoms with Gasteiger partial charge in [0.05, 0.1) is 12.2 Å². The number of aliphatic hydroxyl groups is 2. The fraction of sp³-hybridized carbons (Fsp3) is 0.240. The number of rotatable bonds is 5. The highest BCUT2D eigenvalue weighted by Gasteiger charge is 2.39. The lowest BCUT2D eigenvalue weighted by Crippen LogP contribution is -2.30. The molecule has 4 aromatic rings. The number of hydrogen-bond acceptors (Lipinski definition) is 5. The lowest BCUT2D eigenvalue weighted by molar-refractivity contribution is 0.0535. The van der Waals surface area contributed by atoms with Gasteiger partial charge in [0.1, 0.15) is 18.5 Å². The maximum absolute atomic E-state index is 13.5. The second kappa shape index (κ2) is 7.34. The van der Waals surface area contributed by atoms with Crippen LogP contribution in [-0.2, 0) is 5.41 Å². The number of fused-ring (bicyclic) bond motifs is 4. The summed E-state index contributed by atoms with van der Waals surface area (Å²) in [6.07, 6.45) is -0.941. The van der Waals surface area contributed by atoms with Crippen LogP contribution >= 0.6 is 11.3 Å². The molecule has 2 aromatic heterocycles. The number of aromatic nitrogens is 1. The number of thiophene rings is 1. The van der Waals surface area contributed by atoms with Gasteiger partial charge in [-0.05, 0) is 46.8 Å². The zero-order chi connectivity index (χ0) is 21.8. The van der Waals surface area contributed by atoms with Crippen LogP contribution in [0.5, 0.6) is 5.75 Å². The number of ketones is 1. The molecule has 2 aromatic carbocycles. The second-order valence-corrected chi connectivity index (χ2v) is 9.37. The van der Waals surface area contributed by atoms with Gasteiger partial charge < -0.3 is 19.9 Å². The molecule has 158 valence electrons. The molecule has 1 unspecified atom stereocenters. The Morgan fingerprint density at radius 2 is 2.00 bits per heavy atom. The summed E-state index contributed by atoms with van der Waals surface area (Å²) in [6, 6.07) is 15.7. The van der Waals surface area contributed by atoms with E-state index in [0.717, 1.165) is 33.3 Å². The standard InChI is InChI=1S/C25H23NO4S/c1-25(2)19-11-16(30-13-15(28)12-27)6-8-17(19)23(29)22-18-7-5-14(21-4-3-9-31-21)10-20(18)26-24(22)25/h3-11,15,26-28H,12-13H2,1-2H3. The number of hydrogen-bond donors (Lipinski definition) is 3. The highest BCUT2D eigenvalue weighted by Crippen LogP contribution is 2.45. The van der Waals surface area contributed by atoms with Gasteiger partial charge >= 0.3 is 0 Å². The summed E-state index contributed by atoms with van der Waals surface area (Å²) < 4.78 is 5.63. The Morgan fingerprint density at radius 1 is 1.16 bits per heavy atom. The molecule has 0 radical (unpaired) electrons. The number of nitrogens with one attached hydrogen (secondary N) is 1. The third-order valence-electron chi connectivity index (χ3n) is 6.02. The van der Waals surface area contributed by atoms with Crippen LogP contribution in [0.25, 0.3) is 21.3 Å². The number of benzene rings is 2. The number of ether oxygens (including phenoxy) is 1. The molecule has 3 N–H and O–H groups in total. The Labute approximate surface area is 183 Å². The predicted molar refractivity (Wildman–Crippen MR) is 122 cm³/mol. The number of carbonyl (C=O) groups excluding carboxylic acids is 1. The summed E-state index contributed by atoms with van der Waals surface area (Å²) in [6.45, 7) is 3.83. The van der Waals surface area contributed by atoms with E-state index in [4.69, 9.17) is 9.84 Å². The Balaban J connectivity index is 1.60. The predicted octanol–water partition coefficient (Wildman–Crippen LogP) is 4.50. The first-order valence-electron chi connectivity index (χ1n) is 10.2. The molecule has 0 bridgehead atoms. The highest BCUT2D eigenvalue weighted by atomic mass is 32.1. The molecule has 1 aliphatic rings. The Bertz CT molecular complexity index is 1290. The minimum absolute atomic E-state index is 0.00129. The fourth-order valence-corrected chi connectivity index (χ4v) is 5.06. The molecule has 2 heterocycles. The first kappa shape index (κ1) is 20.0. The third-order valence-corrected chi connectivity index (χ3v) is 6.94. The minimum atomic E-state index is -0.941. The van der Waals surface area contributed by atoms with Crippen LogP contribution in [-0.4, -0.2) is 40.3 Å². The molecule has 0 saturated heterocycles. The van der Waals surface area contributed by atoms with Gasteiger partial charge in [-0.15, -0.1) is 11.3 Å². The van der Waals surface area contributed by atoms with Gasteiger partial charge in [0, 0.05) is 32.5 Å². The van der Waals surface area contributed by atoms with E-state index in [-0.39, 0.29) is 19.0 Å². The summed E-state index contributed by atoms with van der Waals surface area (Å²) in [5, 5.41) is 21.6. The zero-order valence-corrected chi connectivity index (χ0v) is 18.1. The molecule has 0 spiro atoms. The lowest BCUT2D eigenvalue weighted by Gasteiger charge is -2.32. The minimum Gasteiger partial charge on any atom is -0.491 e. The Kier molecular flexibility index (Phi) is 4.73. The third kappa shape index (κ3) is 3.19. The summed E-state index contributed by atoms with van der Waals surface area (Å²) in [5.41, 5.74) is 4.82. The molecule has 0 aliphatic heterocycles. The number of carbonyl (C=O) groups is 1. The SMILES string of the molecule is CC1(C)c2cc(OCC(O)CO)ccc2C(=O)c2c1[nH]c1cc(-c3cccs3)ccc21. The van der Waals surface area contributed by atoms with Gasteiger partial charge in [-0.1, -0.05) is 32.0 Å². The number of H-pyrrole nitrogens is 1. The number of aromatic amines is 1. The first-order valence-corrected chi connectivity index (χ1v) is 11.1. The van der Waals surface area contributed by atoms with E-state index >= 15 is 0 Å². The van der Waals surface area contributed by atoms with Crippen molar-refractivity contribution < 1.29 is 19.7 Å². The van der Waals surface area contributed by atoms with Crippen molar-refractivity contribution in [2.45, 2.75) is 25.4 Å². The van der Waals surface area contributed by atoms with Crippen molar-refractivity contribution in [2.75, 3.05) is 13.2 Å². The Hall–Kier alpha value is -2.93. The normalized spacial score (nSPS) is 15.5. The van der Waals surface area contributed by atoms with Gasteiger partial charge in [-0.25, -0.2) is 0 Å². The van der Waals surface area contributed by atoms with Crippen molar-refractivity contribution in [3.05, 3.63) is 76.3 Å². The van der Waals surface area contributed by atoms with E-state index < -0.39 is 11.5 Å². The quantitative estimate of drug-likeness (QED) is 0.433. The van der Waals surface area contributed by atoms with E-state index in [0.29, 0.717) is 11.3 Å². The highest BCUT2D eigenvalue weighted by molar-refractivity contribution is 7.13. The Morgan fingerprint density at radius 3 is 2.74 bits per heavy atom. The van der Waals surface area contributed by atoms with Crippen molar-refractivity contribution in [3.63, 3.8) is 0 Å². The van der Waals surface area contributed by atoms with Crippen molar-refractivity contribution in [1.82, 2.24) is 4.98 Å². The molecule has 5 nitrogen and oxygen atoms in total. The van der Waals surface area contributed by atoms with Crippen LogP contribution in [0.15, 0.2) is 53.9 Å². The van der Waals surface area contributed by atoms with Crippen molar-refractivity contribution in [1.29, 1.82) is 0 Å². The maximum atomic E-state index is 13.5. The number of aliphatic hydroxyl groups excluding tert-OH is 2. The molecule has 0 amide bonds. The molecule has 6 heteroatoms. The van der Waals surface area contributed by atoms with Gasteiger partial charge in [-0.2, -0.15) is 0 Å². The van der Waals surface area contributed by atoms with Crippen molar-refractivity contribution in [3.8, 4) is 16.2 Å². The second-order valence-electron chi connectivity index (χ2n) is 8.42. The van der Waals surface area contributed by atoms with Crippen LogP contribution in [0.1, 0.15) is 41.0 Å². The molecule has 0 fully saturated rings. The molecule has 1 atom stereocenters. The summed E-state index contributed by atoms with van der Waals surface area (Å²) in [7, 11) is 0. The van der Waals surface area contributed by atoms with Crippen molar-refractivity contribution in [2.24, 2.45) is 0 Å². The lowest BCUT2D eigenvalue weighted by atomic mass is 9.71. The molecule has 5 rings (SSSR count). The summed E-state index contributed by atoms with van der Waals surface area (Å²) in [5.74, 6) is 0.563. The largest absolute Gasteiger partial charge is 0.491 e. The van der Waals surface area contributed by atoms with Gasteiger partial charge in [0.2, 0.25) is 0 Å².